The zero-order chi connectivity index (χ0) is 22.7. The van der Waals surface area contributed by atoms with Crippen LogP contribution in [0.1, 0.15) is 60.2 Å². The second kappa shape index (κ2) is 9.18. The van der Waals surface area contributed by atoms with Crippen LogP contribution in [0.2, 0.25) is 5.02 Å². The lowest BCUT2D eigenvalue weighted by Gasteiger charge is -2.23. The van der Waals surface area contributed by atoms with E-state index in [1.54, 1.807) is 18.2 Å². The summed E-state index contributed by atoms with van der Waals surface area (Å²) in [6, 6.07) is 16.3. The number of nitrogen functional groups attached to an aromatic ring is 1. The summed E-state index contributed by atoms with van der Waals surface area (Å²) in [5.74, 6) is 0.429. The van der Waals surface area contributed by atoms with E-state index in [1.165, 1.54) is 6.20 Å². The number of hydrogen-bond acceptors (Lipinski definition) is 5. The number of pyridine rings is 1. The second-order valence-corrected chi connectivity index (χ2v) is 8.63. The molecule has 0 spiro atoms. The van der Waals surface area contributed by atoms with E-state index in [0.29, 0.717) is 22.0 Å². The fourth-order valence-corrected chi connectivity index (χ4v) is 4.20. The maximum absolute atomic E-state index is 12.9. The molecule has 1 amide bonds. The molecule has 1 unspecified atom stereocenters. The topological polar surface area (TPSA) is 97.5 Å². The van der Waals surface area contributed by atoms with Crippen molar-refractivity contribution in [2.24, 2.45) is 0 Å². The van der Waals surface area contributed by atoms with Crippen molar-refractivity contribution in [2.45, 2.75) is 44.3 Å². The number of rotatable bonds is 6. The summed E-state index contributed by atoms with van der Waals surface area (Å²) >= 11 is 5.99. The van der Waals surface area contributed by atoms with Gasteiger partial charge in [-0.15, -0.1) is 0 Å². The fraction of sp³-hybridized carbons (Fsp3) is 0.280. The van der Waals surface area contributed by atoms with E-state index in [4.69, 9.17) is 22.1 Å². The van der Waals surface area contributed by atoms with Crippen LogP contribution in [0.4, 0.5) is 11.5 Å². The van der Waals surface area contributed by atoms with E-state index in [-0.39, 0.29) is 17.8 Å². The van der Waals surface area contributed by atoms with E-state index in [0.717, 1.165) is 36.8 Å². The van der Waals surface area contributed by atoms with Crippen molar-refractivity contribution in [1.29, 1.82) is 0 Å². The van der Waals surface area contributed by atoms with E-state index in [1.807, 2.05) is 43.3 Å². The predicted molar refractivity (Wildman–Crippen MR) is 126 cm³/mol. The second-order valence-electron chi connectivity index (χ2n) is 8.20. The minimum absolute atomic E-state index is 0.234. The Morgan fingerprint density at radius 2 is 1.94 bits per heavy atom. The molecule has 4 rings (SSSR count). The molecule has 1 aliphatic rings. The molecule has 166 valence electrons. The number of anilines is 2. The van der Waals surface area contributed by atoms with E-state index >= 15 is 0 Å². The third kappa shape index (κ3) is 4.87. The summed E-state index contributed by atoms with van der Waals surface area (Å²) in [6.07, 6.45) is 4.57. The number of hydrogen-bond donors (Lipinski definition) is 3. The molecule has 4 N–H and O–H groups in total. The third-order valence-corrected chi connectivity index (χ3v) is 6.07. The first kappa shape index (κ1) is 22.1. The van der Waals surface area contributed by atoms with Gasteiger partial charge in [0.25, 0.3) is 5.91 Å². The Morgan fingerprint density at radius 1 is 1.19 bits per heavy atom. The number of carbonyl (C=O) groups excluding carboxylic acids is 1. The minimum atomic E-state index is -0.833. The van der Waals surface area contributed by atoms with Crippen molar-refractivity contribution in [3.8, 4) is 5.75 Å². The van der Waals surface area contributed by atoms with Crippen LogP contribution < -0.4 is 15.8 Å². The monoisotopic (exact) mass is 451 g/mol. The highest BCUT2D eigenvalue weighted by Gasteiger charge is 2.33. The third-order valence-electron chi connectivity index (χ3n) is 5.86. The summed E-state index contributed by atoms with van der Waals surface area (Å²) in [5, 5.41) is 14.2. The molecule has 6 nitrogen and oxygen atoms in total. The van der Waals surface area contributed by atoms with Crippen LogP contribution in [0.5, 0.6) is 5.75 Å². The Morgan fingerprint density at radius 3 is 2.72 bits per heavy atom. The number of aliphatic hydroxyl groups is 1. The average molecular weight is 452 g/mol. The van der Waals surface area contributed by atoms with Gasteiger partial charge in [0.05, 0.1) is 10.6 Å². The summed E-state index contributed by atoms with van der Waals surface area (Å²) in [6.45, 7) is 1.88. The number of amides is 1. The lowest BCUT2D eigenvalue weighted by Crippen LogP contribution is -2.22. The SMILES string of the molecule is CC(Oc1cc(Cl)cnc1N)c1cccc(NC(=O)c2cccc(C3(O)CCCC3)c2)c1. The number of ether oxygens (including phenoxy) is 1. The van der Waals surface area contributed by atoms with Gasteiger partial charge in [0, 0.05) is 23.5 Å². The first-order chi connectivity index (χ1) is 15.3. The molecule has 0 radical (unpaired) electrons. The number of nitrogens with two attached hydrogens (primary N) is 1. The molecule has 2 aromatic carbocycles. The van der Waals surface area contributed by atoms with Crippen molar-refractivity contribution in [3.05, 3.63) is 82.5 Å². The standard InChI is InChI=1S/C25H26ClN3O3/c1-16(32-22-14-20(26)15-28-23(22)27)17-6-5-9-21(13-17)29-24(30)18-7-4-8-19(12-18)25(31)10-2-3-11-25/h4-9,12-16,31H,2-3,10-11H2,1H3,(H2,27,28)(H,29,30). The molecular formula is C25H26ClN3O3. The van der Waals surface area contributed by atoms with Gasteiger partial charge in [0.1, 0.15) is 6.10 Å². The van der Waals surface area contributed by atoms with Gasteiger partial charge in [-0.1, -0.05) is 48.7 Å². The molecule has 32 heavy (non-hydrogen) atoms. The Bertz CT molecular complexity index is 1130. The minimum Gasteiger partial charge on any atom is -0.482 e. The molecule has 0 bridgehead atoms. The van der Waals surface area contributed by atoms with Gasteiger partial charge in [-0.25, -0.2) is 4.98 Å². The van der Waals surface area contributed by atoms with E-state index in [9.17, 15) is 9.90 Å². The maximum atomic E-state index is 12.9. The van der Waals surface area contributed by atoms with E-state index in [2.05, 4.69) is 10.3 Å². The Hall–Kier alpha value is -3.09. The quantitative estimate of drug-likeness (QED) is 0.461. The van der Waals surface area contributed by atoms with Gasteiger partial charge in [-0.3, -0.25) is 4.79 Å². The smallest absolute Gasteiger partial charge is 0.255 e. The zero-order valence-corrected chi connectivity index (χ0v) is 18.6. The van der Waals surface area contributed by atoms with Crippen LogP contribution in [0.25, 0.3) is 0 Å². The molecule has 1 aromatic heterocycles. The van der Waals surface area contributed by atoms with Gasteiger partial charge in [-0.2, -0.15) is 0 Å². The number of aromatic nitrogens is 1. The summed E-state index contributed by atoms with van der Waals surface area (Å²) in [7, 11) is 0. The fourth-order valence-electron chi connectivity index (χ4n) is 4.06. The van der Waals surface area contributed by atoms with Crippen LogP contribution in [0.15, 0.2) is 60.8 Å². The molecular weight excluding hydrogens is 426 g/mol. The van der Waals surface area contributed by atoms with Gasteiger partial charge in [0.15, 0.2) is 11.6 Å². The zero-order valence-electron chi connectivity index (χ0n) is 17.8. The van der Waals surface area contributed by atoms with Crippen LogP contribution >= 0.6 is 11.6 Å². The first-order valence-electron chi connectivity index (χ1n) is 10.7. The van der Waals surface area contributed by atoms with Gasteiger partial charge in [0.2, 0.25) is 0 Å². The van der Waals surface area contributed by atoms with Crippen molar-refractivity contribution < 1.29 is 14.6 Å². The Balaban J connectivity index is 1.48. The molecule has 3 aromatic rings. The number of benzene rings is 2. The van der Waals surface area contributed by atoms with Crippen LogP contribution in [0, 0.1) is 0 Å². The predicted octanol–water partition coefficient (Wildman–Crippen LogP) is 5.47. The first-order valence-corrected chi connectivity index (χ1v) is 11.0. The summed E-state index contributed by atoms with van der Waals surface area (Å²) in [5.41, 5.74) is 7.85. The highest BCUT2D eigenvalue weighted by molar-refractivity contribution is 6.30. The van der Waals surface area contributed by atoms with Gasteiger partial charge < -0.3 is 20.9 Å². The molecule has 7 heteroatoms. The Labute approximate surface area is 192 Å². The molecule has 0 aliphatic heterocycles. The number of halogens is 1. The van der Waals surface area contributed by atoms with Crippen LogP contribution in [-0.2, 0) is 5.60 Å². The number of carbonyl (C=O) groups is 1. The molecule has 0 saturated heterocycles. The highest BCUT2D eigenvalue weighted by Crippen LogP contribution is 2.38. The van der Waals surface area contributed by atoms with Crippen molar-refractivity contribution >= 4 is 29.0 Å². The highest BCUT2D eigenvalue weighted by atomic mass is 35.5. The van der Waals surface area contributed by atoms with Crippen molar-refractivity contribution in [3.63, 3.8) is 0 Å². The molecule has 1 saturated carbocycles. The summed E-state index contributed by atoms with van der Waals surface area (Å²) < 4.78 is 5.93. The maximum Gasteiger partial charge on any atom is 0.255 e. The Kier molecular flexibility index (Phi) is 6.35. The number of nitrogens with zero attached hydrogens (tertiary/aromatic N) is 1. The van der Waals surface area contributed by atoms with Gasteiger partial charge >= 0.3 is 0 Å². The lowest BCUT2D eigenvalue weighted by molar-refractivity contribution is 0.0444. The van der Waals surface area contributed by atoms with Crippen molar-refractivity contribution in [2.75, 3.05) is 11.1 Å². The normalized spacial score (nSPS) is 15.8. The number of nitrogens with one attached hydrogen (secondary N) is 1. The van der Waals surface area contributed by atoms with E-state index < -0.39 is 5.60 Å². The molecule has 1 fully saturated rings. The largest absolute Gasteiger partial charge is 0.482 e. The molecule has 1 atom stereocenters. The molecule has 1 heterocycles. The van der Waals surface area contributed by atoms with Crippen molar-refractivity contribution in [1.82, 2.24) is 4.98 Å². The van der Waals surface area contributed by atoms with Crippen LogP contribution in [0.3, 0.4) is 0 Å². The summed E-state index contributed by atoms with van der Waals surface area (Å²) in [4.78, 5) is 16.9. The van der Waals surface area contributed by atoms with Crippen LogP contribution in [-0.4, -0.2) is 16.0 Å². The lowest BCUT2D eigenvalue weighted by atomic mass is 9.91. The molecule has 1 aliphatic carbocycles. The van der Waals surface area contributed by atoms with Gasteiger partial charge in [-0.05, 0) is 55.2 Å². The average Bonchev–Trinajstić information content (AvgIpc) is 3.24.